The maximum absolute atomic E-state index is 9.84. The maximum atomic E-state index is 9.84. The molecule has 1 unspecified atom stereocenters. The first kappa shape index (κ1) is 12.8. The molecule has 4 rings (SSSR count). The molecule has 2 aliphatic rings. The van der Waals surface area contributed by atoms with E-state index in [0.717, 1.165) is 19.3 Å². The van der Waals surface area contributed by atoms with Gasteiger partial charge in [-0.3, -0.25) is 0 Å². The summed E-state index contributed by atoms with van der Waals surface area (Å²) in [4.78, 5) is 0. The molecule has 3 atom stereocenters. The van der Waals surface area contributed by atoms with Crippen LogP contribution in [0.25, 0.3) is 0 Å². The van der Waals surface area contributed by atoms with Crippen LogP contribution in [0, 0.1) is 0 Å². The van der Waals surface area contributed by atoms with Crippen LogP contribution >= 0.6 is 0 Å². The van der Waals surface area contributed by atoms with Crippen LogP contribution in [-0.4, -0.2) is 10.2 Å². The Morgan fingerprint density at radius 2 is 1.67 bits per heavy atom. The second-order valence-corrected chi connectivity index (χ2v) is 6.38. The van der Waals surface area contributed by atoms with E-state index in [0.29, 0.717) is 29.3 Å². The molecule has 2 aromatic carbocycles. The van der Waals surface area contributed by atoms with Crippen LogP contribution in [0.5, 0.6) is 11.5 Å². The standard InChI is InChI=1S/C19H20O2/c1-2-14-18-10-13(21)5-8-16(18)17-6-3-11-9-12(20)4-7-15(11)19(14)17/h4-5,7-10,14,17,19-21H,2-3,6H2,1H3/t14?,17-,19-/m1/s1. The lowest BCUT2D eigenvalue weighted by molar-refractivity contribution is 0.436. The summed E-state index contributed by atoms with van der Waals surface area (Å²) in [5.41, 5.74) is 5.44. The number of phenols is 2. The molecule has 2 nitrogen and oxygen atoms in total. The number of rotatable bonds is 1. The molecule has 0 aliphatic heterocycles. The van der Waals surface area contributed by atoms with Crippen molar-refractivity contribution in [1.29, 1.82) is 0 Å². The molecule has 0 fully saturated rings. The summed E-state index contributed by atoms with van der Waals surface area (Å²) in [5, 5.41) is 19.6. The van der Waals surface area contributed by atoms with Gasteiger partial charge >= 0.3 is 0 Å². The Labute approximate surface area is 125 Å². The zero-order valence-electron chi connectivity index (χ0n) is 12.2. The number of hydrogen-bond donors (Lipinski definition) is 2. The van der Waals surface area contributed by atoms with Gasteiger partial charge in [0.05, 0.1) is 0 Å². The zero-order chi connectivity index (χ0) is 14.6. The van der Waals surface area contributed by atoms with Crippen molar-refractivity contribution in [2.45, 2.75) is 43.9 Å². The smallest absolute Gasteiger partial charge is 0.115 e. The van der Waals surface area contributed by atoms with E-state index >= 15 is 0 Å². The number of phenolic OH excluding ortho intramolecular Hbond substituents is 2. The van der Waals surface area contributed by atoms with Gasteiger partial charge in [0.25, 0.3) is 0 Å². The van der Waals surface area contributed by atoms with Gasteiger partial charge in [-0.15, -0.1) is 0 Å². The average molecular weight is 280 g/mol. The van der Waals surface area contributed by atoms with Crippen LogP contribution in [0.1, 0.15) is 59.8 Å². The van der Waals surface area contributed by atoms with Gasteiger partial charge in [0.15, 0.2) is 0 Å². The van der Waals surface area contributed by atoms with Crippen molar-refractivity contribution >= 4 is 0 Å². The third-order valence-corrected chi connectivity index (χ3v) is 5.39. The molecular weight excluding hydrogens is 260 g/mol. The Morgan fingerprint density at radius 3 is 2.43 bits per heavy atom. The zero-order valence-corrected chi connectivity index (χ0v) is 12.2. The van der Waals surface area contributed by atoms with Crippen LogP contribution in [0.4, 0.5) is 0 Å². The molecule has 0 saturated carbocycles. The summed E-state index contributed by atoms with van der Waals surface area (Å²) in [7, 11) is 0. The van der Waals surface area contributed by atoms with E-state index < -0.39 is 0 Å². The normalized spacial score (nSPS) is 26.0. The maximum Gasteiger partial charge on any atom is 0.115 e. The molecule has 0 saturated heterocycles. The number of fused-ring (bicyclic) bond motifs is 5. The van der Waals surface area contributed by atoms with Crippen LogP contribution in [0.2, 0.25) is 0 Å². The van der Waals surface area contributed by atoms with Crippen LogP contribution < -0.4 is 0 Å². The van der Waals surface area contributed by atoms with Gasteiger partial charge in [-0.1, -0.05) is 19.1 Å². The molecule has 0 bridgehead atoms. The first-order valence-corrected chi connectivity index (χ1v) is 7.83. The topological polar surface area (TPSA) is 40.5 Å². The van der Waals surface area contributed by atoms with Crippen molar-refractivity contribution in [1.82, 2.24) is 0 Å². The lowest BCUT2D eigenvalue weighted by Gasteiger charge is -2.32. The highest BCUT2D eigenvalue weighted by Crippen LogP contribution is 2.58. The van der Waals surface area contributed by atoms with Crippen molar-refractivity contribution in [2.24, 2.45) is 0 Å². The minimum atomic E-state index is 0.369. The minimum Gasteiger partial charge on any atom is -0.508 e. The van der Waals surface area contributed by atoms with E-state index in [4.69, 9.17) is 0 Å². The van der Waals surface area contributed by atoms with Crippen LogP contribution in [0.15, 0.2) is 36.4 Å². The Balaban J connectivity index is 1.88. The molecule has 2 aromatic rings. The van der Waals surface area contributed by atoms with E-state index in [9.17, 15) is 10.2 Å². The highest BCUT2D eigenvalue weighted by molar-refractivity contribution is 5.52. The second kappa shape index (κ2) is 4.52. The van der Waals surface area contributed by atoms with Gasteiger partial charge < -0.3 is 10.2 Å². The van der Waals surface area contributed by atoms with Crippen LogP contribution in [0.3, 0.4) is 0 Å². The molecule has 0 amide bonds. The predicted octanol–water partition coefficient (Wildman–Crippen LogP) is 4.42. The summed E-state index contributed by atoms with van der Waals surface area (Å²) in [6.07, 6.45) is 3.25. The van der Waals surface area contributed by atoms with Crippen molar-refractivity contribution in [3.05, 3.63) is 58.7 Å². The molecule has 0 aromatic heterocycles. The van der Waals surface area contributed by atoms with Crippen LogP contribution in [-0.2, 0) is 6.42 Å². The fourth-order valence-corrected chi connectivity index (χ4v) is 4.58. The first-order valence-electron chi connectivity index (χ1n) is 7.83. The Morgan fingerprint density at radius 1 is 0.952 bits per heavy atom. The van der Waals surface area contributed by atoms with Gasteiger partial charge in [-0.25, -0.2) is 0 Å². The Hall–Kier alpha value is -1.96. The summed E-state index contributed by atoms with van der Waals surface area (Å²) < 4.78 is 0. The van der Waals surface area contributed by atoms with E-state index in [1.54, 1.807) is 0 Å². The van der Waals surface area contributed by atoms with Gasteiger partial charge in [-0.2, -0.15) is 0 Å². The lowest BCUT2D eigenvalue weighted by Crippen LogP contribution is -2.18. The third-order valence-electron chi connectivity index (χ3n) is 5.39. The summed E-state index contributed by atoms with van der Waals surface area (Å²) >= 11 is 0. The van der Waals surface area contributed by atoms with Gasteiger partial charge in [-0.05, 0) is 83.5 Å². The average Bonchev–Trinajstić information content (AvgIpc) is 2.79. The van der Waals surface area contributed by atoms with Crippen molar-refractivity contribution in [2.75, 3.05) is 0 Å². The number of aryl methyl sites for hydroxylation is 1. The highest BCUT2D eigenvalue weighted by Gasteiger charge is 2.43. The van der Waals surface area contributed by atoms with Crippen molar-refractivity contribution < 1.29 is 10.2 Å². The lowest BCUT2D eigenvalue weighted by atomic mass is 9.72. The molecule has 2 N–H and O–H groups in total. The van der Waals surface area contributed by atoms with E-state index in [1.807, 2.05) is 24.3 Å². The van der Waals surface area contributed by atoms with E-state index in [2.05, 4.69) is 19.1 Å². The molecule has 0 spiro atoms. The van der Waals surface area contributed by atoms with Crippen molar-refractivity contribution in [3.63, 3.8) is 0 Å². The number of aromatic hydroxyl groups is 2. The monoisotopic (exact) mass is 280 g/mol. The van der Waals surface area contributed by atoms with E-state index in [-0.39, 0.29) is 0 Å². The first-order chi connectivity index (χ1) is 10.2. The summed E-state index contributed by atoms with van der Waals surface area (Å²) in [6.45, 7) is 2.23. The second-order valence-electron chi connectivity index (χ2n) is 6.38. The number of hydrogen-bond acceptors (Lipinski definition) is 2. The largest absolute Gasteiger partial charge is 0.508 e. The third kappa shape index (κ3) is 1.78. The van der Waals surface area contributed by atoms with Crippen molar-refractivity contribution in [3.8, 4) is 11.5 Å². The fourth-order valence-electron chi connectivity index (χ4n) is 4.58. The fraction of sp³-hybridized carbons (Fsp3) is 0.368. The number of benzene rings is 2. The molecule has 21 heavy (non-hydrogen) atoms. The molecule has 0 heterocycles. The SMILES string of the molecule is CCC1c2cc(O)ccc2[C@H]2CCc3cc(O)ccc3[C@@H]12. The van der Waals surface area contributed by atoms with Gasteiger partial charge in [0, 0.05) is 0 Å². The van der Waals surface area contributed by atoms with E-state index in [1.165, 1.54) is 22.3 Å². The Bertz CT molecular complexity index is 705. The summed E-state index contributed by atoms with van der Waals surface area (Å²) in [5.74, 6) is 2.27. The van der Waals surface area contributed by atoms with Gasteiger partial charge in [0.1, 0.15) is 11.5 Å². The molecule has 2 heteroatoms. The van der Waals surface area contributed by atoms with Gasteiger partial charge in [0.2, 0.25) is 0 Å². The molecule has 2 aliphatic carbocycles. The Kier molecular flexibility index (Phi) is 2.75. The molecule has 108 valence electrons. The molecule has 0 radical (unpaired) electrons. The summed E-state index contributed by atoms with van der Waals surface area (Å²) in [6, 6.07) is 11.7. The minimum absolute atomic E-state index is 0.369. The highest BCUT2D eigenvalue weighted by atomic mass is 16.3. The molecular formula is C19H20O2. The quantitative estimate of drug-likeness (QED) is 0.812. The predicted molar refractivity (Wildman–Crippen MR) is 83.0 cm³/mol.